The predicted molar refractivity (Wildman–Crippen MR) is 72.8 cm³/mol. The maximum Gasteiger partial charge on any atom is 0.165 e. The van der Waals surface area contributed by atoms with E-state index in [1.807, 2.05) is 0 Å². The molecule has 19 heavy (non-hydrogen) atoms. The molecule has 0 aliphatic heterocycles. The van der Waals surface area contributed by atoms with Crippen molar-refractivity contribution in [2.24, 2.45) is 0 Å². The van der Waals surface area contributed by atoms with Crippen LogP contribution in [-0.2, 0) is 11.2 Å². The normalized spacial score (nSPS) is 15.2. The minimum atomic E-state index is -0.418. The number of allylic oxidation sites excluding steroid dienone is 2. The van der Waals surface area contributed by atoms with E-state index in [1.165, 1.54) is 38.0 Å². The molecular weight excluding hydrogens is 243 g/mol. The minimum absolute atomic E-state index is 0.0569. The van der Waals surface area contributed by atoms with Gasteiger partial charge in [-0.2, -0.15) is 0 Å². The largest absolute Gasteiger partial charge is 0.494 e. The van der Waals surface area contributed by atoms with E-state index in [1.54, 1.807) is 18.2 Å². The van der Waals surface area contributed by atoms with E-state index in [9.17, 15) is 9.18 Å². The Morgan fingerprint density at radius 3 is 2.68 bits per heavy atom. The van der Waals surface area contributed by atoms with Gasteiger partial charge in [0.2, 0.25) is 0 Å². The van der Waals surface area contributed by atoms with Gasteiger partial charge in [0.15, 0.2) is 17.3 Å². The van der Waals surface area contributed by atoms with Gasteiger partial charge in [-0.1, -0.05) is 18.1 Å². The van der Waals surface area contributed by atoms with Gasteiger partial charge in [-0.15, -0.1) is 0 Å². The lowest BCUT2D eigenvalue weighted by atomic mass is 9.93. The Morgan fingerprint density at radius 2 is 2.05 bits per heavy atom. The quantitative estimate of drug-likeness (QED) is 0.771. The molecular formula is C16H19FO2. The summed E-state index contributed by atoms with van der Waals surface area (Å²) >= 11 is 0. The Morgan fingerprint density at radius 1 is 1.32 bits per heavy atom. The van der Waals surface area contributed by atoms with Gasteiger partial charge < -0.3 is 4.74 Å². The van der Waals surface area contributed by atoms with E-state index in [0.29, 0.717) is 5.56 Å². The van der Waals surface area contributed by atoms with E-state index >= 15 is 0 Å². The molecule has 1 aromatic rings. The molecule has 102 valence electrons. The SMILES string of the molecule is COc1ccc(CC(=O)C=C2CCCCC2)cc1F. The van der Waals surface area contributed by atoms with E-state index in [2.05, 4.69) is 0 Å². The number of methoxy groups -OCH3 is 1. The summed E-state index contributed by atoms with van der Waals surface area (Å²) < 4.78 is 18.4. The Balaban J connectivity index is 2.00. The molecule has 0 saturated heterocycles. The zero-order chi connectivity index (χ0) is 13.7. The van der Waals surface area contributed by atoms with Crippen LogP contribution in [0, 0.1) is 5.82 Å². The van der Waals surface area contributed by atoms with Gasteiger partial charge in [0, 0.05) is 6.42 Å². The number of ether oxygens (including phenoxy) is 1. The van der Waals surface area contributed by atoms with Crippen molar-refractivity contribution in [3.63, 3.8) is 0 Å². The Labute approximate surface area is 113 Å². The number of carbonyl (C=O) groups is 1. The molecule has 0 radical (unpaired) electrons. The van der Waals surface area contributed by atoms with Gasteiger partial charge in [-0.25, -0.2) is 4.39 Å². The minimum Gasteiger partial charge on any atom is -0.494 e. The van der Waals surface area contributed by atoms with Gasteiger partial charge in [0.1, 0.15) is 0 Å². The average molecular weight is 262 g/mol. The molecule has 3 heteroatoms. The van der Waals surface area contributed by atoms with Gasteiger partial charge >= 0.3 is 0 Å². The number of benzene rings is 1. The van der Waals surface area contributed by atoms with Crippen molar-refractivity contribution < 1.29 is 13.9 Å². The molecule has 1 aromatic carbocycles. The van der Waals surface area contributed by atoms with Crippen molar-refractivity contribution in [3.8, 4) is 5.75 Å². The van der Waals surface area contributed by atoms with Crippen LogP contribution in [0.2, 0.25) is 0 Å². The van der Waals surface area contributed by atoms with E-state index in [-0.39, 0.29) is 18.0 Å². The van der Waals surface area contributed by atoms with Crippen molar-refractivity contribution in [3.05, 3.63) is 41.2 Å². The smallest absolute Gasteiger partial charge is 0.165 e. The summed E-state index contributed by atoms with van der Waals surface area (Å²) in [4.78, 5) is 11.9. The lowest BCUT2D eigenvalue weighted by Gasteiger charge is -2.12. The van der Waals surface area contributed by atoms with Crippen LogP contribution >= 0.6 is 0 Å². The van der Waals surface area contributed by atoms with Crippen molar-refractivity contribution >= 4 is 5.78 Å². The highest BCUT2D eigenvalue weighted by Crippen LogP contribution is 2.23. The molecule has 0 bridgehead atoms. The summed E-state index contributed by atoms with van der Waals surface area (Å²) in [5.74, 6) is -0.151. The number of rotatable bonds is 4. The van der Waals surface area contributed by atoms with Gasteiger partial charge in [0.25, 0.3) is 0 Å². The van der Waals surface area contributed by atoms with E-state index in [4.69, 9.17) is 4.74 Å². The number of halogens is 1. The molecule has 2 rings (SSSR count). The molecule has 0 N–H and O–H groups in total. The maximum absolute atomic E-state index is 13.5. The third kappa shape index (κ3) is 3.91. The number of hydrogen-bond donors (Lipinski definition) is 0. The second-order valence-corrected chi connectivity index (χ2v) is 4.98. The fraction of sp³-hybridized carbons (Fsp3) is 0.438. The molecule has 0 atom stereocenters. The molecule has 0 heterocycles. The Bertz CT molecular complexity index is 484. The monoisotopic (exact) mass is 262 g/mol. The molecule has 1 saturated carbocycles. The Kier molecular flexibility index (Phi) is 4.72. The fourth-order valence-electron chi connectivity index (χ4n) is 2.45. The topological polar surface area (TPSA) is 26.3 Å². The average Bonchev–Trinajstić information content (AvgIpc) is 2.40. The molecule has 0 amide bonds. The van der Waals surface area contributed by atoms with Gasteiger partial charge in [-0.3, -0.25) is 4.79 Å². The summed E-state index contributed by atoms with van der Waals surface area (Å²) in [6.45, 7) is 0. The molecule has 0 unspecified atom stereocenters. The second-order valence-electron chi connectivity index (χ2n) is 4.98. The lowest BCUT2D eigenvalue weighted by Crippen LogP contribution is -2.03. The molecule has 0 spiro atoms. The highest BCUT2D eigenvalue weighted by molar-refractivity contribution is 5.92. The molecule has 2 nitrogen and oxygen atoms in total. The molecule has 1 aliphatic carbocycles. The fourth-order valence-corrected chi connectivity index (χ4v) is 2.45. The van der Waals surface area contributed by atoms with Gasteiger partial charge in [0.05, 0.1) is 7.11 Å². The van der Waals surface area contributed by atoms with Crippen LogP contribution in [0.5, 0.6) is 5.75 Å². The first-order chi connectivity index (χ1) is 9.19. The predicted octanol–water partition coefficient (Wildman–Crippen LogP) is 3.84. The standard InChI is InChI=1S/C16H19FO2/c1-19-16-8-7-13(11-15(16)17)10-14(18)9-12-5-3-2-4-6-12/h7-9,11H,2-6,10H2,1H3. The van der Waals surface area contributed by atoms with Crippen molar-refractivity contribution in [1.82, 2.24) is 0 Å². The highest BCUT2D eigenvalue weighted by atomic mass is 19.1. The molecule has 1 aliphatic rings. The van der Waals surface area contributed by atoms with Crippen LogP contribution in [0.15, 0.2) is 29.8 Å². The van der Waals surface area contributed by atoms with Crippen LogP contribution in [0.4, 0.5) is 4.39 Å². The van der Waals surface area contributed by atoms with Crippen LogP contribution < -0.4 is 4.74 Å². The number of ketones is 1. The zero-order valence-electron chi connectivity index (χ0n) is 11.2. The Hall–Kier alpha value is -1.64. The maximum atomic E-state index is 13.5. The summed E-state index contributed by atoms with van der Waals surface area (Å²) in [7, 11) is 1.43. The van der Waals surface area contributed by atoms with Crippen molar-refractivity contribution in [1.29, 1.82) is 0 Å². The summed E-state index contributed by atoms with van der Waals surface area (Å²) in [5, 5.41) is 0. The van der Waals surface area contributed by atoms with Crippen LogP contribution in [-0.4, -0.2) is 12.9 Å². The van der Waals surface area contributed by atoms with Crippen LogP contribution in [0.25, 0.3) is 0 Å². The lowest BCUT2D eigenvalue weighted by molar-refractivity contribution is -0.114. The summed E-state index contributed by atoms with van der Waals surface area (Å²) in [6, 6.07) is 4.67. The molecule has 1 fully saturated rings. The summed E-state index contributed by atoms with van der Waals surface area (Å²) in [5.41, 5.74) is 1.93. The third-order valence-corrected chi connectivity index (χ3v) is 3.46. The van der Waals surface area contributed by atoms with E-state index in [0.717, 1.165) is 12.8 Å². The first-order valence-electron chi connectivity index (χ1n) is 6.74. The van der Waals surface area contributed by atoms with Crippen LogP contribution in [0.1, 0.15) is 37.7 Å². The van der Waals surface area contributed by atoms with E-state index < -0.39 is 5.82 Å². The number of carbonyl (C=O) groups excluding carboxylic acids is 1. The van der Waals surface area contributed by atoms with Crippen LogP contribution in [0.3, 0.4) is 0 Å². The number of hydrogen-bond acceptors (Lipinski definition) is 2. The summed E-state index contributed by atoms with van der Waals surface area (Å²) in [6.07, 6.45) is 7.68. The van der Waals surface area contributed by atoms with Crippen molar-refractivity contribution in [2.75, 3.05) is 7.11 Å². The van der Waals surface area contributed by atoms with Crippen molar-refractivity contribution in [2.45, 2.75) is 38.5 Å². The first kappa shape index (κ1) is 13.8. The second kappa shape index (κ2) is 6.50. The highest BCUT2D eigenvalue weighted by Gasteiger charge is 2.09. The molecule has 0 aromatic heterocycles. The third-order valence-electron chi connectivity index (χ3n) is 3.46. The zero-order valence-corrected chi connectivity index (χ0v) is 11.2. The first-order valence-corrected chi connectivity index (χ1v) is 6.74. The van der Waals surface area contributed by atoms with Gasteiger partial charge in [-0.05, 0) is 49.5 Å².